The van der Waals surface area contributed by atoms with Gasteiger partial charge >= 0.3 is 5.97 Å². The molecule has 1 heterocycles. The highest BCUT2D eigenvalue weighted by molar-refractivity contribution is 5.85. The van der Waals surface area contributed by atoms with Gasteiger partial charge in [-0.1, -0.05) is 0 Å². The minimum atomic E-state index is -0.494. The first-order valence-electron chi connectivity index (χ1n) is 3.96. The number of esters is 1. The van der Waals surface area contributed by atoms with Crippen molar-refractivity contribution in [1.29, 1.82) is 0 Å². The van der Waals surface area contributed by atoms with Crippen molar-refractivity contribution in [2.24, 2.45) is 0 Å². The fourth-order valence-corrected chi connectivity index (χ4v) is 0.955. The molecule has 0 aliphatic heterocycles. The molecule has 4 nitrogen and oxygen atoms in total. The highest BCUT2D eigenvalue weighted by Crippen LogP contribution is 2.08. The van der Waals surface area contributed by atoms with Crippen molar-refractivity contribution >= 4 is 5.97 Å². The summed E-state index contributed by atoms with van der Waals surface area (Å²) >= 11 is 0. The third kappa shape index (κ3) is 1.83. The van der Waals surface area contributed by atoms with Gasteiger partial charge in [-0.05, 0) is 26.3 Å². The molecule has 70 valence electrons. The van der Waals surface area contributed by atoms with Gasteiger partial charge in [0, 0.05) is 11.4 Å². The number of ether oxygens (including phenoxy) is 1. The molecule has 0 N–H and O–H groups in total. The average Bonchev–Trinajstić information content (AvgIpc) is 2.12. The smallest absolute Gasteiger partial charge is 0.376 e. The van der Waals surface area contributed by atoms with Crippen molar-refractivity contribution < 1.29 is 9.53 Å². The molecule has 1 aromatic heterocycles. The third-order valence-electron chi connectivity index (χ3n) is 2.00. The molecule has 13 heavy (non-hydrogen) atoms. The number of aromatic nitrogens is 2. The van der Waals surface area contributed by atoms with Crippen LogP contribution >= 0.6 is 0 Å². The van der Waals surface area contributed by atoms with Crippen LogP contribution in [0.1, 0.15) is 27.6 Å². The van der Waals surface area contributed by atoms with E-state index >= 15 is 0 Å². The van der Waals surface area contributed by atoms with Crippen LogP contribution in [0.4, 0.5) is 0 Å². The molecule has 0 spiro atoms. The maximum atomic E-state index is 11.1. The summed E-state index contributed by atoms with van der Waals surface area (Å²) in [6.45, 7) is 5.61. The summed E-state index contributed by atoms with van der Waals surface area (Å²) in [5.74, 6) is -0.366. The van der Waals surface area contributed by atoms with Gasteiger partial charge in [0.1, 0.15) is 0 Å². The van der Waals surface area contributed by atoms with Crippen LogP contribution in [0.15, 0.2) is 0 Å². The number of carbonyl (C=O) groups excluding carboxylic acids is 1. The number of methoxy groups -OCH3 is 1. The highest BCUT2D eigenvalue weighted by atomic mass is 16.5. The molecular formula is C9H12N2O2. The van der Waals surface area contributed by atoms with Crippen molar-refractivity contribution in [2.75, 3.05) is 7.11 Å². The van der Waals surface area contributed by atoms with Gasteiger partial charge in [-0.3, -0.25) is 0 Å². The van der Waals surface area contributed by atoms with E-state index in [0.717, 1.165) is 17.0 Å². The van der Waals surface area contributed by atoms with Crippen LogP contribution in [0.5, 0.6) is 0 Å². The lowest BCUT2D eigenvalue weighted by molar-refractivity contribution is 0.0586. The van der Waals surface area contributed by atoms with E-state index in [-0.39, 0.29) is 5.82 Å². The minimum absolute atomic E-state index is 0.128. The lowest BCUT2D eigenvalue weighted by Crippen LogP contribution is -2.10. The van der Waals surface area contributed by atoms with Crippen LogP contribution in [0.3, 0.4) is 0 Å². The third-order valence-corrected chi connectivity index (χ3v) is 2.00. The first-order chi connectivity index (χ1) is 6.06. The zero-order valence-corrected chi connectivity index (χ0v) is 8.21. The second kappa shape index (κ2) is 3.51. The summed E-state index contributed by atoms with van der Waals surface area (Å²) in [5, 5.41) is 0. The molecule has 0 bridgehead atoms. The van der Waals surface area contributed by atoms with Crippen LogP contribution < -0.4 is 0 Å². The maximum Gasteiger partial charge on any atom is 0.376 e. The molecule has 0 amide bonds. The molecule has 4 heteroatoms. The lowest BCUT2D eigenvalue weighted by atomic mass is 10.2. The van der Waals surface area contributed by atoms with Crippen LogP contribution in [0.2, 0.25) is 0 Å². The van der Waals surface area contributed by atoms with Gasteiger partial charge in [-0.15, -0.1) is 0 Å². The van der Waals surface area contributed by atoms with E-state index in [2.05, 4.69) is 14.7 Å². The summed E-state index contributed by atoms with van der Waals surface area (Å²) in [7, 11) is 1.32. The van der Waals surface area contributed by atoms with Crippen LogP contribution in [0, 0.1) is 20.8 Å². The molecular weight excluding hydrogens is 168 g/mol. The van der Waals surface area contributed by atoms with Crippen molar-refractivity contribution in [3.05, 3.63) is 22.8 Å². The molecule has 1 aromatic rings. The van der Waals surface area contributed by atoms with E-state index in [4.69, 9.17) is 0 Å². The Bertz CT molecular complexity index is 324. The van der Waals surface area contributed by atoms with E-state index in [1.165, 1.54) is 7.11 Å². The Morgan fingerprint density at radius 1 is 1.15 bits per heavy atom. The number of hydrogen-bond acceptors (Lipinski definition) is 4. The Morgan fingerprint density at radius 3 is 2.00 bits per heavy atom. The topological polar surface area (TPSA) is 52.1 Å². The van der Waals surface area contributed by atoms with Crippen LogP contribution in [0.25, 0.3) is 0 Å². The average molecular weight is 180 g/mol. The first kappa shape index (κ1) is 9.64. The molecule has 0 aromatic carbocycles. The predicted octanol–water partition coefficient (Wildman–Crippen LogP) is 1.19. The molecule has 0 aliphatic carbocycles. The van der Waals surface area contributed by atoms with E-state index < -0.39 is 5.97 Å². The van der Waals surface area contributed by atoms with Gasteiger partial charge in [-0.2, -0.15) is 0 Å². The quantitative estimate of drug-likeness (QED) is 0.609. The standard InChI is InChI=1S/C9H12N2O2/c1-5-6(2)10-8(9(12)13-4)11-7(5)3/h1-4H3. The summed E-state index contributed by atoms with van der Waals surface area (Å²) in [6.07, 6.45) is 0. The molecule has 0 unspecified atom stereocenters. The summed E-state index contributed by atoms with van der Waals surface area (Å²) in [4.78, 5) is 19.1. The number of aryl methyl sites for hydroxylation is 2. The number of nitrogens with zero attached hydrogens (tertiary/aromatic N) is 2. The monoisotopic (exact) mass is 180 g/mol. The Balaban J connectivity index is 3.20. The number of rotatable bonds is 1. The zero-order chi connectivity index (χ0) is 10.0. The fraction of sp³-hybridized carbons (Fsp3) is 0.444. The van der Waals surface area contributed by atoms with E-state index in [1.54, 1.807) is 0 Å². The SMILES string of the molecule is COC(=O)c1nc(C)c(C)c(C)n1. The molecule has 0 saturated carbocycles. The first-order valence-corrected chi connectivity index (χ1v) is 3.96. The Kier molecular flexibility index (Phi) is 2.60. The molecule has 1 rings (SSSR count). The van der Waals surface area contributed by atoms with Crippen LogP contribution in [-0.2, 0) is 4.74 Å². The van der Waals surface area contributed by atoms with Gasteiger partial charge in [0.15, 0.2) is 0 Å². The van der Waals surface area contributed by atoms with Gasteiger partial charge in [0.05, 0.1) is 7.11 Å². The molecule has 0 fully saturated rings. The van der Waals surface area contributed by atoms with Gasteiger partial charge in [-0.25, -0.2) is 14.8 Å². The summed E-state index contributed by atoms with van der Waals surface area (Å²) in [6, 6.07) is 0. The molecule has 0 aliphatic rings. The maximum absolute atomic E-state index is 11.1. The summed E-state index contributed by atoms with van der Waals surface area (Å²) in [5.41, 5.74) is 2.63. The van der Waals surface area contributed by atoms with Crippen molar-refractivity contribution in [3.8, 4) is 0 Å². The zero-order valence-electron chi connectivity index (χ0n) is 8.21. The number of hydrogen-bond donors (Lipinski definition) is 0. The Morgan fingerprint density at radius 2 is 1.62 bits per heavy atom. The summed E-state index contributed by atoms with van der Waals surface area (Å²) < 4.78 is 4.52. The highest BCUT2D eigenvalue weighted by Gasteiger charge is 2.11. The molecule has 0 atom stereocenters. The fourth-order valence-electron chi connectivity index (χ4n) is 0.955. The van der Waals surface area contributed by atoms with Gasteiger partial charge < -0.3 is 4.74 Å². The van der Waals surface area contributed by atoms with E-state index in [1.807, 2.05) is 20.8 Å². The van der Waals surface area contributed by atoms with Gasteiger partial charge in [0.2, 0.25) is 5.82 Å². The Labute approximate surface area is 77.0 Å². The normalized spacial score (nSPS) is 9.85. The Hall–Kier alpha value is -1.45. The second-order valence-corrected chi connectivity index (χ2v) is 2.83. The van der Waals surface area contributed by atoms with Crippen molar-refractivity contribution in [1.82, 2.24) is 9.97 Å². The molecule has 0 saturated heterocycles. The van der Waals surface area contributed by atoms with Crippen LogP contribution in [-0.4, -0.2) is 23.0 Å². The largest absolute Gasteiger partial charge is 0.463 e. The van der Waals surface area contributed by atoms with Crippen molar-refractivity contribution in [2.45, 2.75) is 20.8 Å². The minimum Gasteiger partial charge on any atom is -0.463 e. The van der Waals surface area contributed by atoms with Crippen molar-refractivity contribution in [3.63, 3.8) is 0 Å². The molecule has 0 radical (unpaired) electrons. The lowest BCUT2D eigenvalue weighted by Gasteiger charge is -2.04. The second-order valence-electron chi connectivity index (χ2n) is 2.83. The van der Waals surface area contributed by atoms with Gasteiger partial charge in [0.25, 0.3) is 0 Å². The predicted molar refractivity (Wildman–Crippen MR) is 47.6 cm³/mol. The number of carbonyl (C=O) groups is 1. The van der Waals surface area contributed by atoms with E-state index in [9.17, 15) is 4.79 Å². The van der Waals surface area contributed by atoms with E-state index in [0.29, 0.717) is 0 Å².